The highest BCUT2D eigenvalue weighted by Gasteiger charge is 2.11. The molecule has 4 heteroatoms. The molecule has 0 aliphatic carbocycles. The molecule has 1 aromatic carbocycles. The average Bonchev–Trinajstić information content (AvgIpc) is 2.48. The summed E-state index contributed by atoms with van der Waals surface area (Å²) in [6.07, 6.45) is 1.76. The Morgan fingerprint density at radius 1 is 1.14 bits per heavy atom. The molecular formula is C17H23N3O. The van der Waals surface area contributed by atoms with Gasteiger partial charge in [-0.1, -0.05) is 18.2 Å². The lowest BCUT2D eigenvalue weighted by Crippen LogP contribution is -2.13. The number of nitrogens with zero attached hydrogens (tertiary/aromatic N) is 2. The molecule has 2 rings (SSSR count). The molecule has 112 valence electrons. The van der Waals surface area contributed by atoms with Gasteiger partial charge >= 0.3 is 0 Å². The Hall–Kier alpha value is -2.23. The summed E-state index contributed by atoms with van der Waals surface area (Å²) < 4.78 is 5.37. The van der Waals surface area contributed by atoms with E-state index in [0.717, 1.165) is 17.9 Å². The van der Waals surface area contributed by atoms with Crippen LogP contribution >= 0.6 is 0 Å². The summed E-state index contributed by atoms with van der Waals surface area (Å²) in [5, 5.41) is 3.45. The number of ether oxygens (including phenoxy) is 1. The van der Waals surface area contributed by atoms with Crippen LogP contribution in [0.15, 0.2) is 30.5 Å². The normalized spacial score (nSPS) is 10.3. The second-order valence-corrected chi connectivity index (χ2v) is 5.38. The number of anilines is 2. The lowest BCUT2D eigenvalue weighted by molar-refractivity contribution is 0.400. The predicted molar refractivity (Wildman–Crippen MR) is 88.4 cm³/mol. The Balaban J connectivity index is 2.24. The van der Waals surface area contributed by atoms with E-state index in [4.69, 9.17) is 4.74 Å². The van der Waals surface area contributed by atoms with Crippen molar-refractivity contribution in [1.29, 1.82) is 0 Å². The molecule has 1 aromatic heterocycles. The molecule has 0 aliphatic rings. The molecular weight excluding hydrogens is 262 g/mol. The van der Waals surface area contributed by atoms with Crippen molar-refractivity contribution in [3.8, 4) is 5.88 Å². The van der Waals surface area contributed by atoms with Crippen molar-refractivity contribution in [1.82, 2.24) is 4.98 Å². The molecule has 4 nitrogen and oxygen atoms in total. The largest absolute Gasteiger partial charge is 0.479 e. The summed E-state index contributed by atoms with van der Waals surface area (Å²) in [6, 6.07) is 8.49. The van der Waals surface area contributed by atoms with Gasteiger partial charge in [0, 0.05) is 26.8 Å². The number of hydrogen-bond donors (Lipinski definition) is 1. The molecule has 0 saturated carbocycles. The first-order valence-corrected chi connectivity index (χ1v) is 7.03. The molecule has 1 N–H and O–H groups in total. The summed E-state index contributed by atoms with van der Waals surface area (Å²) >= 11 is 0. The lowest BCUT2D eigenvalue weighted by atomic mass is 10.1. The predicted octanol–water partition coefficient (Wildman–Crippen LogP) is 3.39. The van der Waals surface area contributed by atoms with Crippen molar-refractivity contribution in [3.63, 3.8) is 0 Å². The van der Waals surface area contributed by atoms with E-state index in [9.17, 15) is 0 Å². The summed E-state index contributed by atoms with van der Waals surface area (Å²) in [7, 11) is 5.66. The van der Waals surface area contributed by atoms with Gasteiger partial charge in [-0.2, -0.15) is 0 Å². The highest BCUT2D eigenvalue weighted by Crippen LogP contribution is 2.32. The van der Waals surface area contributed by atoms with Crippen LogP contribution in [0.3, 0.4) is 0 Å². The zero-order chi connectivity index (χ0) is 15.4. The first-order chi connectivity index (χ1) is 10.0. The maximum absolute atomic E-state index is 5.37. The highest BCUT2D eigenvalue weighted by atomic mass is 16.5. The van der Waals surface area contributed by atoms with Crippen LogP contribution in [0.5, 0.6) is 5.88 Å². The van der Waals surface area contributed by atoms with Gasteiger partial charge in [0.1, 0.15) is 5.69 Å². The van der Waals surface area contributed by atoms with Crippen LogP contribution in [0.1, 0.15) is 16.7 Å². The van der Waals surface area contributed by atoms with Gasteiger partial charge in [0.25, 0.3) is 0 Å². The number of pyridine rings is 1. The van der Waals surface area contributed by atoms with Crippen molar-refractivity contribution in [2.24, 2.45) is 0 Å². The fourth-order valence-corrected chi connectivity index (χ4v) is 2.23. The molecule has 0 atom stereocenters. The Labute approximate surface area is 126 Å². The summed E-state index contributed by atoms with van der Waals surface area (Å²) in [4.78, 5) is 6.32. The van der Waals surface area contributed by atoms with E-state index in [2.05, 4.69) is 42.3 Å². The van der Waals surface area contributed by atoms with Crippen molar-refractivity contribution >= 4 is 11.4 Å². The van der Waals surface area contributed by atoms with Crippen molar-refractivity contribution < 1.29 is 4.74 Å². The molecule has 0 spiro atoms. The molecule has 0 aliphatic heterocycles. The fourth-order valence-electron chi connectivity index (χ4n) is 2.23. The van der Waals surface area contributed by atoms with Gasteiger partial charge in [-0.15, -0.1) is 0 Å². The number of rotatable bonds is 5. The minimum atomic E-state index is 0.616. The third-order valence-electron chi connectivity index (χ3n) is 3.61. The molecule has 0 radical (unpaired) electrons. The van der Waals surface area contributed by atoms with Gasteiger partial charge in [-0.3, -0.25) is 0 Å². The number of methoxy groups -OCH3 is 1. The van der Waals surface area contributed by atoms with Crippen LogP contribution < -0.4 is 15.0 Å². The molecule has 0 unspecified atom stereocenters. The van der Waals surface area contributed by atoms with Crippen LogP contribution in [0.2, 0.25) is 0 Å². The van der Waals surface area contributed by atoms with Gasteiger partial charge in [0.05, 0.1) is 12.8 Å². The molecule has 0 fully saturated rings. The monoisotopic (exact) mass is 285 g/mol. The van der Waals surface area contributed by atoms with E-state index in [0.29, 0.717) is 5.88 Å². The fraction of sp³-hybridized carbons (Fsp3) is 0.353. The van der Waals surface area contributed by atoms with E-state index in [-0.39, 0.29) is 0 Å². The topological polar surface area (TPSA) is 37.4 Å². The number of aromatic nitrogens is 1. The summed E-state index contributed by atoms with van der Waals surface area (Å²) in [6.45, 7) is 5.00. The van der Waals surface area contributed by atoms with Crippen molar-refractivity contribution in [3.05, 3.63) is 47.2 Å². The summed E-state index contributed by atoms with van der Waals surface area (Å²) in [5.74, 6) is 0.616. The van der Waals surface area contributed by atoms with Gasteiger partial charge in [-0.05, 0) is 36.6 Å². The van der Waals surface area contributed by atoms with Crippen LogP contribution in [0.4, 0.5) is 11.4 Å². The van der Waals surface area contributed by atoms with Crippen LogP contribution in [0.25, 0.3) is 0 Å². The average molecular weight is 285 g/mol. The minimum Gasteiger partial charge on any atom is -0.479 e. The zero-order valence-electron chi connectivity index (χ0n) is 13.4. The van der Waals surface area contributed by atoms with Crippen molar-refractivity contribution in [2.75, 3.05) is 31.4 Å². The Kier molecular flexibility index (Phi) is 4.68. The maximum atomic E-state index is 5.37. The van der Waals surface area contributed by atoms with E-state index < -0.39 is 0 Å². The van der Waals surface area contributed by atoms with E-state index >= 15 is 0 Å². The molecule has 1 heterocycles. The van der Waals surface area contributed by atoms with Crippen LogP contribution in [-0.4, -0.2) is 26.2 Å². The number of nitrogens with one attached hydrogen (secondary N) is 1. The van der Waals surface area contributed by atoms with Crippen molar-refractivity contribution in [2.45, 2.75) is 20.4 Å². The first-order valence-electron chi connectivity index (χ1n) is 7.03. The van der Waals surface area contributed by atoms with Gasteiger partial charge in [0.15, 0.2) is 0 Å². The molecule has 0 saturated heterocycles. The highest BCUT2D eigenvalue weighted by molar-refractivity contribution is 5.74. The third-order valence-corrected chi connectivity index (χ3v) is 3.61. The lowest BCUT2D eigenvalue weighted by Gasteiger charge is -2.20. The van der Waals surface area contributed by atoms with Crippen LogP contribution in [0, 0.1) is 13.8 Å². The second kappa shape index (κ2) is 6.48. The Morgan fingerprint density at radius 2 is 1.90 bits per heavy atom. The third kappa shape index (κ3) is 3.45. The van der Waals surface area contributed by atoms with E-state index in [1.165, 1.54) is 16.7 Å². The molecule has 0 bridgehead atoms. The van der Waals surface area contributed by atoms with Gasteiger partial charge in [0.2, 0.25) is 5.88 Å². The standard InChI is InChI=1S/C17H23N3O/c1-12-6-7-14(10-13(12)2)11-19-16-15(20(3)4)8-9-18-17(16)21-5/h6-10,19H,11H2,1-5H3. The quantitative estimate of drug-likeness (QED) is 0.914. The number of hydrogen-bond acceptors (Lipinski definition) is 4. The van der Waals surface area contributed by atoms with E-state index in [1.807, 2.05) is 25.1 Å². The summed E-state index contributed by atoms with van der Waals surface area (Å²) in [5.41, 5.74) is 5.84. The molecule has 0 amide bonds. The Bertz CT molecular complexity index is 623. The van der Waals surface area contributed by atoms with Gasteiger partial charge in [-0.25, -0.2) is 4.98 Å². The minimum absolute atomic E-state index is 0.616. The maximum Gasteiger partial charge on any atom is 0.239 e. The van der Waals surface area contributed by atoms with Gasteiger partial charge < -0.3 is 15.0 Å². The number of aryl methyl sites for hydroxylation is 2. The molecule has 21 heavy (non-hydrogen) atoms. The van der Waals surface area contributed by atoms with Crippen LogP contribution in [-0.2, 0) is 6.54 Å². The first kappa shape index (κ1) is 15.2. The smallest absolute Gasteiger partial charge is 0.239 e. The van der Waals surface area contributed by atoms with E-state index in [1.54, 1.807) is 13.3 Å². The number of benzene rings is 1. The molecule has 2 aromatic rings. The SMILES string of the molecule is COc1nccc(N(C)C)c1NCc1ccc(C)c(C)c1. The second-order valence-electron chi connectivity index (χ2n) is 5.38. The zero-order valence-corrected chi connectivity index (χ0v) is 13.4. The Morgan fingerprint density at radius 3 is 2.52 bits per heavy atom.